The smallest absolute Gasteiger partial charge is 0.184 e. The van der Waals surface area contributed by atoms with Gasteiger partial charge >= 0.3 is 0 Å². The summed E-state index contributed by atoms with van der Waals surface area (Å²) in [7, 11) is 0. The molecule has 1 saturated heterocycles. The molecule has 5 nitrogen and oxygen atoms in total. The van der Waals surface area contributed by atoms with E-state index >= 15 is 0 Å². The Morgan fingerprint density at radius 1 is 0.838 bits per heavy atom. The molecule has 0 spiro atoms. The summed E-state index contributed by atoms with van der Waals surface area (Å²) in [6.07, 6.45) is 1.16. The molecule has 4 aromatic rings. The van der Waals surface area contributed by atoms with Crippen LogP contribution >= 0.6 is 11.8 Å². The number of hydrogen-bond acceptors (Lipinski definition) is 6. The van der Waals surface area contributed by atoms with Crippen molar-refractivity contribution < 1.29 is 14.6 Å². The third-order valence-corrected chi connectivity index (χ3v) is 7.87. The molecule has 1 aliphatic heterocycles. The summed E-state index contributed by atoms with van der Waals surface area (Å²) in [6.45, 7) is 2.72. The number of aromatic nitrogens is 1. The van der Waals surface area contributed by atoms with Gasteiger partial charge < -0.3 is 20.3 Å². The number of nitrogens with zero attached hydrogens (tertiary/aromatic N) is 1. The Morgan fingerprint density at radius 3 is 2.32 bits per heavy atom. The molecule has 0 radical (unpaired) electrons. The Kier molecular flexibility index (Phi) is 8.34. The average molecular weight is 513 g/mol. The highest BCUT2D eigenvalue weighted by Crippen LogP contribution is 2.43. The SMILES string of the molecule is C[C@H]1[C@@H](CSc2ccccn2)O[C@@H](c2ccc(-c3cccc(CN)c3)cc2)O[C@H]1c1ccc(CO)cc1. The van der Waals surface area contributed by atoms with Crippen molar-refractivity contribution in [3.63, 3.8) is 0 Å². The summed E-state index contributed by atoms with van der Waals surface area (Å²) < 4.78 is 13.1. The first-order chi connectivity index (χ1) is 18.1. The van der Waals surface area contributed by atoms with Crippen LogP contribution in [0.4, 0.5) is 0 Å². The molecule has 190 valence electrons. The monoisotopic (exact) mass is 512 g/mol. The topological polar surface area (TPSA) is 77.6 Å². The van der Waals surface area contributed by atoms with E-state index in [0.717, 1.165) is 44.2 Å². The van der Waals surface area contributed by atoms with Gasteiger partial charge in [0.25, 0.3) is 0 Å². The molecule has 0 bridgehead atoms. The fraction of sp³-hybridized carbons (Fsp3) is 0.258. The number of nitrogens with two attached hydrogens (primary N) is 1. The Labute approximate surface area is 222 Å². The second-order valence-electron chi connectivity index (χ2n) is 9.33. The summed E-state index contributed by atoms with van der Waals surface area (Å²) in [5.74, 6) is 0.901. The maximum Gasteiger partial charge on any atom is 0.184 e. The van der Waals surface area contributed by atoms with Crippen molar-refractivity contribution in [3.8, 4) is 11.1 Å². The van der Waals surface area contributed by atoms with Gasteiger partial charge in [-0.15, -0.1) is 11.8 Å². The molecule has 1 fully saturated rings. The van der Waals surface area contributed by atoms with E-state index in [-0.39, 0.29) is 24.7 Å². The van der Waals surface area contributed by atoms with E-state index in [4.69, 9.17) is 15.2 Å². The van der Waals surface area contributed by atoms with Gasteiger partial charge in [0.1, 0.15) is 0 Å². The van der Waals surface area contributed by atoms with Crippen LogP contribution in [0.25, 0.3) is 11.1 Å². The highest BCUT2D eigenvalue weighted by molar-refractivity contribution is 7.99. The maximum absolute atomic E-state index is 9.47. The van der Waals surface area contributed by atoms with Crippen LogP contribution in [0.2, 0.25) is 0 Å². The third kappa shape index (κ3) is 6.12. The second-order valence-corrected chi connectivity index (χ2v) is 10.4. The van der Waals surface area contributed by atoms with Crippen LogP contribution in [0.1, 0.15) is 41.6 Å². The first-order valence-electron chi connectivity index (χ1n) is 12.6. The number of benzene rings is 3. The van der Waals surface area contributed by atoms with Gasteiger partial charge in [-0.3, -0.25) is 0 Å². The maximum atomic E-state index is 9.47. The van der Waals surface area contributed by atoms with Gasteiger partial charge in [0, 0.05) is 30.0 Å². The molecule has 37 heavy (non-hydrogen) atoms. The van der Waals surface area contributed by atoms with Crippen molar-refractivity contribution in [2.75, 3.05) is 5.75 Å². The zero-order valence-corrected chi connectivity index (χ0v) is 21.7. The normalized spacial score (nSPS) is 21.6. The lowest BCUT2D eigenvalue weighted by atomic mass is 9.91. The quantitative estimate of drug-likeness (QED) is 0.271. The molecule has 1 aromatic heterocycles. The summed E-state index contributed by atoms with van der Waals surface area (Å²) in [4.78, 5) is 4.46. The fourth-order valence-electron chi connectivity index (χ4n) is 4.62. The largest absolute Gasteiger partial charge is 0.392 e. The molecule has 5 rings (SSSR count). The molecular formula is C31H32N2O3S. The van der Waals surface area contributed by atoms with Crippen LogP contribution < -0.4 is 5.73 Å². The van der Waals surface area contributed by atoms with Crippen LogP contribution in [0.5, 0.6) is 0 Å². The zero-order chi connectivity index (χ0) is 25.6. The van der Waals surface area contributed by atoms with Crippen molar-refractivity contribution in [2.45, 2.75) is 43.6 Å². The minimum atomic E-state index is -0.488. The molecule has 2 heterocycles. The van der Waals surface area contributed by atoms with Gasteiger partial charge in [0.15, 0.2) is 6.29 Å². The molecule has 0 unspecified atom stereocenters. The molecule has 3 aromatic carbocycles. The third-order valence-electron chi connectivity index (χ3n) is 6.84. The number of thioether (sulfide) groups is 1. The highest BCUT2D eigenvalue weighted by Gasteiger charge is 2.38. The van der Waals surface area contributed by atoms with Crippen molar-refractivity contribution in [3.05, 3.63) is 119 Å². The van der Waals surface area contributed by atoms with E-state index in [0.29, 0.717) is 6.54 Å². The summed E-state index contributed by atoms with van der Waals surface area (Å²) in [5.41, 5.74) is 12.2. The van der Waals surface area contributed by atoms with E-state index in [2.05, 4.69) is 48.3 Å². The van der Waals surface area contributed by atoms with Crippen molar-refractivity contribution >= 4 is 11.8 Å². The first-order valence-corrected chi connectivity index (χ1v) is 13.6. The number of rotatable bonds is 8. The number of ether oxygens (including phenoxy) is 2. The molecule has 4 atom stereocenters. The second kappa shape index (κ2) is 12.0. The van der Waals surface area contributed by atoms with Crippen LogP contribution in [0, 0.1) is 5.92 Å². The molecule has 0 saturated carbocycles. The molecule has 6 heteroatoms. The van der Waals surface area contributed by atoms with Gasteiger partial charge in [-0.2, -0.15) is 0 Å². The summed E-state index contributed by atoms with van der Waals surface area (Å²) in [5, 5.41) is 10.5. The van der Waals surface area contributed by atoms with E-state index in [1.54, 1.807) is 11.8 Å². The molecular weight excluding hydrogens is 480 g/mol. The molecule has 1 aliphatic rings. The van der Waals surface area contributed by atoms with Crippen LogP contribution in [-0.2, 0) is 22.6 Å². The molecule has 0 aliphatic carbocycles. The number of aliphatic hydroxyl groups is 1. The van der Waals surface area contributed by atoms with Gasteiger partial charge in [0.2, 0.25) is 0 Å². The Morgan fingerprint density at radius 2 is 1.62 bits per heavy atom. The zero-order valence-electron chi connectivity index (χ0n) is 20.9. The van der Waals surface area contributed by atoms with E-state index < -0.39 is 6.29 Å². The lowest BCUT2D eigenvalue weighted by Crippen LogP contribution is -2.38. The average Bonchev–Trinajstić information content (AvgIpc) is 2.97. The fourth-order valence-corrected chi connectivity index (χ4v) is 5.65. The summed E-state index contributed by atoms with van der Waals surface area (Å²) in [6, 6.07) is 30.6. The Balaban J connectivity index is 1.39. The van der Waals surface area contributed by atoms with Crippen molar-refractivity contribution in [1.29, 1.82) is 0 Å². The minimum Gasteiger partial charge on any atom is -0.392 e. The standard InChI is InChI=1S/C31H32N2O3S/c1-21-28(20-37-29-7-2-3-16-33-29)35-31(36-30(21)25-10-8-22(19-34)9-11-25)26-14-12-24(13-15-26)27-6-4-5-23(17-27)18-32/h2-17,21,28,30-31,34H,18-20,32H2,1H3/t21-,28+,30+,31+/m0/s1. The van der Waals surface area contributed by atoms with E-state index in [9.17, 15) is 5.11 Å². The predicted molar refractivity (Wildman–Crippen MR) is 148 cm³/mol. The minimum absolute atomic E-state index is 0.0248. The number of hydrogen-bond donors (Lipinski definition) is 2. The van der Waals surface area contributed by atoms with Gasteiger partial charge in [-0.25, -0.2) is 4.98 Å². The van der Waals surface area contributed by atoms with E-state index in [1.165, 1.54) is 0 Å². The van der Waals surface area contributed by atoms with Gasteiger partial charge in [-0.05, 0) is 46.0 Å². The number of aliphatic hydroxyl groups excluding tert-OH is 1. The van der Waals surface area contributed by atoms with Crippen molar-refractivity contribution in [2.24, 2.45) is 11.7 Å². The Hall–Kier alpha value is -3.00. The lowest BCUT2D eigenvalue weighted by molar-refractivity contribution is -0.268. The van der Waals surface area contributed by atoms with E-state index in [1.807, 2.05) is 60.8 Å². The number of pyridine rings is 1. The van der Waals surface area contributed by atoms with Crippen LogP contribution in [0.15, 0.2) is 102 Å². The molecule has 3 N–H and O–H groups in total. The van der Waals surface area contributed by atoms with Crippen molar-refractivity contribution in [1.82, 2.24) is 4.98 Å². The molecule has 0 amide bonds. The van der Waals surface area contributed by atoms with Gasteiger partial charge in [-0.1, -0.05) is 79.7 Å². The van der Waals surface area contributed by atoms with Gasteiger partial charge in [0.05, 0.1) is 23.8 Å². The lowest BCUT2D eigenvalue weighted by Gasteiger charge is -2.41. The van der Waals surface area contributed by atoms with Crippen LogP contribution in [0.3, 0.4) is 0 Å². The highest BCUT2D eigenvalue weighted by atomic mass is 32.2. The predicted octanol–water partition coefficient (Wildman–Crippen LogP) is 6.28. The first kappa shape index (κ1) is 25.6. The van der Waals surface area contributed by atoms with Crippen LogP contribution in [-0.4, -0.2) is 21.9 Å². The Bertz CT molecular complexity index is 1280. The summed E-state index contributed by atoms with van der Waals surface area (Å²) >= 11 is 1.70.